The number of amides is 2. The summed E-state index contributed by atoms with van der Waals surface area (Å²) in [6, 6.07) is -0.575. The van der Waals surface area contributed by atoms with Gasteiger partial charge in [-0.3, -0.25) is 13.8 Å². The summed E-state index contributed by atoms with van der Waals surface area (Å²) < 4.78 is 11.2. The summed E-state index contributed by atoms with van der Waals surface area (Å²) in [4.78, 5) is 24.9. The molecule has 0 bridgehead atoms. The number of carbonyl (C=O) groups is 2. The lowest BCUT2D eigenvalue weighted by molar-refractivity contribution is -0.147. The lowest BCUT2D eigenvalue weighted by Gasteiger charge is -2.38. The van der Waals surface area contributed by atoms with Crippen LogP contribution in [0.15, 0.2) is 0 Å². The largest absolute Gasteiger partial charge is 0.345 e. The average molecular weight is 246 g/mol. The molecule has 6 heteroatoms. The molecule has 16 heavy (non-hydrogen) atoms. The summed E-state index contributed by atoms with van der Waals surface area (Å²) in [6.07, 6.45) is 2.18. The first-order valence-electron chi connectivity index (χ1n) is 5.36. The van der Waals surface area contributed by atoms with E-state index in [9.17, 15) is 13.8 Å². The summed E-state index contributed by atoms with van der Waals surface area (Å²) >= 11 is 0. The highest BCUT2D eigenvalue weighted by Gasteiger charge is 2.36. The average Bonchev–Trinajstić information content (AvgIpc) is 2.19. The first-order chi connectivity index (χ1) is 7.47. The fourth-order valence-electron chi connectivity index (χ4n) is 2.03. The van der Waals surface area contributed by atoms with Gasteiger partial charge in [-0.05, 0) is 13.3 Å². The number of carbonyl (C=O) groups excluding carboxylic acids is 2. The molecule has 1 heterocycles. The third-order valence-electron chi connectivity index (χ3n) is 2.68. The van der Waals surface area contributed by atoms with E-state index in [1.54, 1.807) is 11.2 Å². The molecule has 1 N–H and O–H groups in total. The van der Waals surface area contributed by atoms with Crippen LogP contribution in [0.5, 0.6) is 0 Å². The van der Waals surface area contributed by atoms with E-state index in [0.29, 0.717) is 12.2 Å². The summed E-state index contributed by atoms with van der Waals surface area (Å²) in [7, 11) is -0.966. The summed E-state index contributed by atoms with van der Waals surface area (Å²) in [6.45, 7) is 3.75. The maximum atomic E-state index is 11.7. The number of nitrogens with zero attached hydrogens (tertiary/aromatic N) is 1. The standard InChI is InChI=1S/C10H18N2O3S/c1-4-8-10(14)11-5-9(13)12(8)7(2)6-16(3)15/h7-8H,4-6H2,1-3H3,(H,11,14). The van der Waals surface area contributed by atoms with Gasteiger partial charge in [-0.25, -0.2) is 0 Å². The predicted octanol–water partition coefficient (Wildman–Crippen LogP) is -0.510. The van der Waals surface area contributed by atoms with Gasteiger partial charge in [-0.2, -0.15) is 0 Å². The normalized spacial score (nSPS) is 25.2. The van der Waals surface area contributed by atoms with Gasteiger partial charge >= 0.3 is 0 Å². The minimum absolute atomic E-state index is 0.0516. The fourth-order valence-corrected chi connectivity index (χ4v) is 2.87. The zero-order valence-corrected chi connectivity index (χ0v) is 10.7. The Hall–Kier alpha value is -0.910. The summed E-state index contributed by atoms with van der Waals surface area (Å²) in [5.41, 5.74) is 0. The molecule has 1 saturated heterocycles. The molecule has 0 saturated carbocycles. The van der Waals surface area contributed by atoms with Crippen LogP contribution in [0.1, 0.15) is 20.3 Å². The Labute approximate surface area is 98.0 Å². The van der Waals surface area contributed by atoms with Crippen LogP contribution in [0.2, 0.25) is 0 Å². The molecular formula is C10H18N2O3S. The smallest absolute Gasteiger partial charge is 0.243 e. The van der Waals surface area contributed by atoms with Crippen LogP contribution >= 0.6 is 0 Å². The van der Waals surface area contributed by atoms with Gasteiger partial charge in [0.05, 0.1) is 6.54 Å². The number of rotatable bonds is 4. The van der Waals surface area contributed by atoms with Crippen molar-refractivity contribution in [3.8, 4) is 0 Å². The molecule has 1 aliphatic heterocycles. The van der Waals surface area contributed by atoms with E-state index >= 15 is 0 Å². The Balaban J connectivity index is 2.82. The third-order valence-corrected chi connectivity index (χ3v) is 3.63. The molecule has 0 spiro atoms. The van der Waals surface area contributed by atoms with Crippen LogP contribution < -0.4 is 5.32 Å². The van der Waals surface area contributed by atoms with Crippen LogP contribution in [-0.2, 0) is 20.4 Å². The van der Waals surface area contributed by atoms with Crippen LogP contribution in [0.25, 0.3) is 0 Å². The molecule has 1 rings (SSSR count). The first kappa shape index (κ1) is 13.2. The lowest BCUT2D eigenvalue weighted by Crippen LogP contribution is -2.61. The van der Waals surface area contributed by atoms with E-state index in [1.165, 1.54) is 0 Å². The zero-order chi connectivity index (χ0) is 12.3. The molecule has 0 aromatic heterocycles. The van der Waals surface area contributed by atoms with Gasteiger partial charge in [0.15, 0.2) is 0 Å². The quantitative estimate of drug-likeness (QED) is 0.726. The lowest BCUT2D eigenvalue weighted by atomic mass is 10.1. The molecule has 0 aliphatic carbocycles. The number of hydrogen-bond acceptors (Lipinski definition) is 3. The summed E-state index contributed by atoms with van der Waals surface area (Å²) in [5, 5.41) is 2.56. The number of hydrogen-bond donors (Lipinski definition) is 1. The van der Waals surface area contributed by atoms with E-state index < -0.39 is 16.8 Å². The van der Waals surface area contributed by atoms with E-state index in [1.807, 2.05) is 13.8 Å². The van der Waals surface area contributed by atoms with Crippen molar-refractivity contribution in [3.05, 3.63) is 0 Å². The SMILES string of the molecule is CCC1C(=O)NCC(=O)N1C(C)CS(C)=O. The molecule has 1 fully saturated rings. The van der Waals surface area contributed by atoms with Crippen LogP contribution in [-0.4, -0.2) is 51.6 Å². The van der Waals surface area contributed by atoms with Crippen molar-refractivity contribution in [1.82, 2.24) is 10.2 Å². The van der Waals surface area contributed by atoms with E-state index in [-0.39, 0.29) is 24.4 Å². The summed E-state index contributed by atoms with van der Waals surface area (Å²) in [5.74, 6) is 0.204. The highest BCUT2D eigenvalue weighted by molar-refractivity contribution is 7.84. The van der Waals surface area contributed by atoms with Gasteiger partial charge in [-0.15, -0.1) is 0 Å². The number of nitrogens with one attached hydrogen (secondary N) is 1. The Morgan fingerprint density at radius 3 is 2.69 bits per heavy atom. The molecule has 3 unspecified atom stereocenters. The van der Waals surface area contributed by atoms with Gasteiger partial charge < -0.3 is 10.2 Å². The Morgan fingerprint density at radius 2 is 2.19 bits per heavy atom. The van der Waals surface area contributed by atoms with Crippen molar-refractivity contribution in [2.45, 2.75) is 32.4 Å². The van der Waals surface area contributed by atoms with Crippen molar-refractivity contribution in [3.63, 3.8) is 0 Å². The topological polar surface area (TPSA) is 66.5 Å². The second kappa shape index (κ2) is 5.43. The highest BCUT2D eigenvalue weighted by Crippen LogP contribution is 2.14. The fraction of sp³-hybridized carbons (Fsp3) is 0.800. The van der Waals surface area contributed by atoms with Gasteiger partial charge in [0.1, 0.15) is 6.04 Å². The molecular weight excluding hydrogens is 228 g/mol. The zero-order valence-electron chi connectivity index (χ0n) is 9.86. The molecule has 2 amide bonds. The highest BCUT2D eigenvalue weighted by atomic mass is 32.2. The third kappa shape index (κ3) is 2.81. The molecule has 3 atom stereocenters. The van der Waals surface area contributed by atoms with Crippen molar-refractivity contribution in [1.29, 1.82) is 0 Å². The van der Waals surface area contributed by atoms with Crippen LogP contribution in [0.4, 0.5) is 0 Å². The first-order valence-corrected chi connectivity index (χ1v) is 7.09. The van der Waals surface area contributed by atoms with Gasteiger partial charge in [0, 0.05) is 28.9 Å². The molecule has 0 aromatic carbocycles. The molecule has 5 nitrogen and oxygen atoms in total. The van der Waals surface area contributed by atoms with Crippen molar-refractivity contribution in [2.75, 3.05) is 18.6 Å². The maximum Gasteiger partial charge on any atom is 0.243 e. The van der Waals surface area contributed by atoms with Crippen molar-refractivity contribution in [2.24, 2.45) is 0 Å². The van der Waals surface area contributed by atoms with Crippen LogP contribution in [0.3, 0.4) is 0 Å². The van der Waals surface area contributed by atoms with Gasteiger partial charge in [0.25, 0.3) is 0 Å². The molecule has 1 aliphatic rings. The minimum atomic E-state index is -0.966. The van der Waals surface area contributed by atoms with Gasteiger partial charge in [-0.1, -0.05) is 6.92 Å². The minimum Gasteiger partial charge on any atom is -0.345 e. The van der Waals surface area contributed by atoms with E-state index in [4.69, 9.17) is 0 Å². The van der Waals surface area contributed by atoms with E-state index in [0.717, 1.165) is 0 Å². The molecule has 92 valence electrons. The predicted molar refractivity (Wildman–Crippen MR) is 62.3 cm³/mol. The molecule has 0 radical (unpaired) electrons. The number of piperazine rings is 1. The second-order valence-electron chi connectivity index (χ2n) is 4.03. The second-order valence-corrected chi connectivity index (χ2v) is 5.51. The van der Waals surface area contributed by atoms with E-state index in [2.05, 4.69) is 5.32 Å². The monoisotopic (exact) mass is 246 g/mol. The molecule has 0 aromatic rings. The Bertz CT molecular complexity index is 319. The van der Waals surface area contributed by atoms with Crippen molar-refractivity contribution < 1.29 is 13.8 Å². The van der Waals surface area contributed by atoms with Crippen molar-refractivity contribution >= 4 is 22.6 Å². The van der Waals surface area contributed by atoms with Crippen LogP contribution in [0, 0.1) is 0 Å². The Kier molecular flexibility index (Phi) is 4.46. The van der Waals surface area contributed by atoms with Gasteiger partial charge in [0.2, 0.25) is 11.8 Å². The maximum absolute atomic E-state index is 11.7. The Morgan fingerprint density at radius 1 is 1.56 bits per heavy atom.